The summed E-state index contributed by atoms with van der Waals surface area (Å²) < 4.78 is 16.0. The van der Waals surface area contributed by atoms with E-state index in [0.717, 1.165) is 32.4 Å². The molecule has 3 amide bonds. The summed E-state index contributed by atoms with van der Waals surface area (Å²) in [5.41, 5.74) is 0.574. The lowest BCUT2D eigenvalue weighted by molar-refractivity contribution is -0.122. The number of hydrogen-bond acceptors (Lipinski definition) is 6. The number of amides is 3. The Morgan fingerprint density at radius 1 is 0.971 bits per heavy atom. The van der Waals surface area contributed by atoms with E-state index in [0.29, 0.717) is 54.4 Å². The Bertz CT molecular complexity index is 816. The first-order valence-electron chi connectivity index (χ1n) is 12.8. The molecule has 35 heavy (non-hydrogen) atoms. The number of carbonyl (C=O) groups is 2. The molecule has 9 heteroatoms. The first-order chi connectivity index (χ1) is 16.9. The second kappa shape index (κ2) is 13.4. The van der Waals surface area contributed by atoms with E-state index in [9.17, 15) is 9.59 Å². The van der Waals surface area contributed by atoms with Crippen molar-refractivity contribution < 1.29 is 23.8 Å². The van der Waals surface area contributed by atoms with E-state index in [1.165, 1.54) is 25.8 Å². The SMILES string of the molecule is COc1cc(NC(=O)N2CCC(CC(=O)NCCCN3CCCC[C@@H]3C)CC2)cc(OC)c1OC. The van der Waals surface area contributed by atoms with Crippen LogP contribution in [0.2, 0.25) is 0 Å². The number of nitrogens with one attached hydrogen (secondary N) is 2. The van der Waals surface area contributed by atoms with Crippen molar-refractivity contribution in [1.82, 2.24) is 15.1 Å². The molecule has 2 aliphatic heterocycles. The van der Waals surface area contributed by atoms with Gasteiger partial charge in [-0.2, -0.15) is 0 Å². The highest BCUT2D eigenvalue weighted by molar-refractivity contribution is 5.90. The number of hydrogen-bond donors (Lipinski definition) is 2. The van der Waals surface area contributed by atoms with Crippen LogP contribution in [0.4, 0.5) is 10.5 Å². The second-order valence-electron chi connectivity index (χ2n) is 9.56. The van der Waals surface area contributed by atoms with E-state index in [1.807, 2.05) is 0 Å². The molecule has 0 aromatic heterocycles. The predicted octanol–water partition coefficient (Wildman–Crippen LogP) is 3.73. The predicted molar refractivity (Wildman–Crippen MR) is 137 cm³/mol. The maximum atomic E-state index is 12.8. The molecule has 1 aromatic rings. The molecule has 2 N–H and O–H groups in total. The Morgan fingerprint density at radius 3 is 2.26 bits per heavy atom. The first-order valence-corrected chi connectivity index (χ1v) is 12.8. The Balaban J connectivity index is 1.37. The molecule has 3 rings (SSSR count). The van der Waals surface area contributed by atoms with E-state index in [-0.39, 0.29) is 11.9 Å². The van der Waals surface area contributed by atoms with E-state index in [1.54, 1.807) is 38.4 Å². The number of methoxy groups -OCH3 is 3. The van der Waals surface area contributed by atoms with Gasteiger partial charge in [0.15, 0.2) is 11.5 Å². The molecule has 0 aliphatic carbocycles. The fourth-order valence-corrected chi connectivity index (χ4v) is 5.03. The molecular formula is C26H42N4O5. The van der Waals surface area contributed by atoms with Gasteiger partial charge in [-0.25, -0.2) is 4.79 Å². The summed E-state index contributed by atoms with van der Waals surface area (Å²) in [6.45, 7) is 6.52. The van der Waals surface area contributed by atoms with Crippen LogP contribution in [0.3, 0.4) is 0 Å². The van der Waals surface area contributed by atoms with E-state index >= 15 is 0 Å². The Kier molecular flexibility index (Phi) is 10.3. The summed E-state index contributed by atoms with van der Waals surface area (Å²) in [7, 11) is 4.62. The van der Waals surface area contributed by atoms with Crippen LogP contribution in [0.5, 0.6) is 17.2 Å². The molecule has 1 aromatic carbocycles. The fourth-order valence-electron chi connectivity index (χ4n) is 5.03. The number of piperidine rings is 2. The number of benzene rings is 1. The highest BCUT2D eigenvalue weighted by Crippen LogP contribution is 2.40. The summed E-state index contributed by atoms with van der Waals surface area (Å²) in [6, 6.07) is 3.91. The largest absolute Gasteiger partial charge is 0.493 e. The molecule has 0 spiro atoms. The van der Waals surface area contributed by atoms with Gasteiger partial charge in [-0.1, -0.05) is 6.42 Å². The van der Waals surface area contributed by atoms with Gasteiger partial charge in [0.2, 0.25) is 11.7 Å². The third-order valence-electron chi connectivity index (χ3n) is 7.18. The van der Waals surface area contributed by atoms with Gasteiger partial charge in [0.25, 0.3) is 0 Å². The second-order valence-corrected chi connectivity index (χ2v) is 9.56. The van der Waals surface area contributed by atoms with Crippen molar-refractivity contribution in [3.8, 4) is 17.2 Å². The Morgan fingerprint density at radius 2 is 1.66 bits per heavy atom. The summed E-state index contributed by atoms with van der Waals surface area (Å²) >= 11 is 0. The molecule has 1 atom stereocenters. The molecular weight excluding hydrogens is 448 g/mol. The van der Waals surface area contributed by atoms with Crippen LogP contribution in [0.1, 0.15) is 51.9 Å². The Hall–Kier alpha value is -2.68. The van der Waals surface area contributed by atoms with Crippen molar-refractivity contribution in [2.75, 3.05) is 59.4 Å². The number of carbonyl (C=O) groups excluding carboxylic acids is 2. The normalized spacial score (nSPS) is 19.2. The van der Waals surface area contributed by atoms with Crippen LogP contribution in [-0.2, 0) is 4.79 Å². The minimum absolute atomic E-state index is 0.122. The molecule has 0 saturated carbocycles. The monoisotopic (exact) mass is 490 g/mol. The van der Waals surface area contributed by atoms with Crippen LogP contribution in [0.25, 0.3) is 0 Å². The number of nitrogens with zero attached hydrogens (tertiary/aromatic N) is 2. The van der Waals surface area contributed by atoms with Gasteiger partial charge in [-0.15, -0.1) is 0 Å². The summed E-state index contributed by atoms with van der Waals surface area (Å²) in [4.78, 5) is 29.5. The summed E-state index contributed by atoms with van der Waals surface area (Å²) in [6.07, 6.45) is 7.07. The van der Waals surface area contributed by atoms with Gasteiger partial charge in [0, 0.05) is 50.8 Å². The lowest BCUT2D eigenvalue weighted by Crippen LogP contribution is -2.42. The van der Waals surface area contributed by atoms with Crippen LogP contribution < -0.4 is 24.8 Å². The average Bonchev–Trinajstić information content (AvgIpc) is 2.87. The van der Waals surface area contributed by atoms with Gasteiger partial charge in [0.05, 0.1) is 27.0 Å². The van der Waals surface area contributed by atoms with Crippen molar-refractivity contribution in [2.24, 2.45) is 5.92 Å². The smallest absolute Gasteiger partial charge is 0.321 e. The number of urea groups is 1. The molecule has 2 saturated heterocycles. The van der Waals surface area contributed by atoms with Crippen LogP contribution >= 0.6 is 0 Å². The number of anilines is 1. The lowest BCUT2D eigenvalue weighted by atomic mass is 9.93. The first kappa shape index (κ1) is 26.9. The van der Waals surface area contributed by atoms with Crippen molar-refractivity contribution in [1.29, 1.82) is 0 Å². The molecule has 0 radical (unpaired) electrons. The minimum Gasteiger partial charge on any atom is -0.493 e. The summed E-state index contributed by atoms with van der Waals surface area (Å²) in [5, 5.41) is 6.01. The molecule has 2 aliphatic rings. The maximum Gasteiger partial charge on any atom is 0.321 e. The zero-order valence-corrected chi connectivity index (χ0v) is 21.7. The zero-order valence-electron chi connectivity index (χ0n) is 21.7. The zero-order chi connectivity index (χ0) is 25.2. The highest BCUT2D eigenvalue weighted by atomic mass is 16.5. The number of ether oxygens (including phenoxy) is 3. The van der Waals surface area contributed by atoms with Crippen molar-refractivity contribution >= 4 is 17.6 Å². The fraction of sp³-hybridized carbons (Fsp3) is 0.692. The van der Waals surface area contributed by atoms with Gasteiger partial charge in [-0.3, -0.25) is 4.79 Å². The van der Waals surface area contributed by atoms with E-state index in [2.05, 4.69) is 22.5 Å². The van der Waals surface area contributed by atoms with E-state index in [4.69, 9.17) is 14.2 Å². The van der Waals surface area contributed by atoms with E-state index < -0.39 is 0 Å². The van der Waals surface area contributed by atoms with Gasteiger partial charge in [-0.05, 0) is 51.5 Å². The van der Waals surface area contributed by atoms with Crippen LogP contribution in [0.15, 0.2) is 12.1 Å². The molecule has 196 valence electrons. The number of rotatable bonds is 10. The van der Waals surface area contributed by atoms with Crippen LogP contribution in [-0.4, -0.2) is 81.8 Å². The van der Waals surface area contributed by atoms with Crippen LogP contribution in [0, 0.1) is 5.92 Å². The molecule has 2 heterocycles. The van der Waals surface area contributed by atoms with Crippen molar-refractivity contribution in [3.05, 3.63) is 12.1 Å². The highest BCUT2D eigenvalue weighted by Gasteiger charge is 2.25. The van der Waals surface area contributed by atoms with Gasteiger partial charge >= 0.3 is 6.03 Å². The van der Waals surface area contributed by atoms with Crippen molar-refractivity contribution in [3.63, 3.8) is 0 Å². The quantitative estimate of drug-likeness (QED) is 0.486. The van der Waals surface area contributed by atoms with Gasteiger partial charge < -0.3 is 34.6 Å². The lowest BCUT2D eigenvalue weighted by Gasteiger charge is -2.33. The molecule has 9 nitrogen and oxygen atoms in total. The Labute approximate surface area is 209 Å². The molecule has 0 unspecified atom stereocenters. The average molecular weight is 491 g/mol. The summed E-state index contributed by atoms with van der Waals surface area (Å²) in [5.74, 6) is 1.88. The van der Waals surface area contributed by atoms with Gasteiger partial charge in [0.1, 0.15) is 0 Å². The molecule has 2 fully saturated rings. The third-order valence-corrected chi connectivity index (χ3v) is 7.18. The topological polar surface area (TPSA) is 92.4 Å². The standard InChI is InChI=1S/C26H42N4O5/c1-19-8-5-6-12-29(19)13-7-11-27-24(31)16-20-9-14-30(15-10-20)26(32)28-21-17-22(33-2)25(35-4)23(18-21)34-3/h17-20H,5-16H2,1-4H3,(H,27,31)(H,28,32)/t19-/m0/s1. The van der Waals surface area contributed by atoms with Crippen molar-refractivity contribution in [2.45, 2.75) is 57.9 Å². The maximum absolute atomic E-state index is 12.8. The minimum atomic E-state index is -0.172. The third kappa shape index (κ3) is 7.65. The number of likely N-dealkylation sites (tertiary alicyclic amines) is 2. The molecule has 0 bridgehead atoms.